The zero-order chi connectivity index (χ0) is 30.3. The SMILES string of the molecule is c1ccc([P+]2(c3ccccc3)c3c2c2c4c(cccc4c3-c3cccc4ccccc34)[P+]2(c2ccccc2)c2ccccc2)cc1. The number of hydrogen-bond donors (Lipinski definition) is 0. The van der Waals surface area contributed by atoms with Crippen LogP contribution in [0.4, 0.5) is 0 Å². The van der Waals surface area contributed by atoms with Crippen LogP contribution in [0.2, 0.25) is 0 Å². The van der Waals surface area contributed by atoms with Crippen LogP contribution in [0.1, 0.15) is 0 Å². The van der Waals surface area contributed by atoms with Crippen LogP contribution in [-0.2, 0) is 0 Å². The Morgan fingerprint density at radius 2 is 0.761 bits per heavy atom. The molecular formula is C44H30P2+2. The maximum atomic E-state index is 2.44. The first-order chi connectivity index (χ1) is 22.9. The van der Waals surface area contributed by atoms with Crippen molar-refractivity contribution in [2.45, 2.75) is 0 Å². The predicted octanol–water partition coefficient (Wildman–Crippen LogP) is 7.53. The van der Waals surface area contributed by atoms with E-state index in [0.29, 0.717) is 0 Å². The predicted molar refractivity (Wildman–Crippen MR) is 204 cm³/mol. The topological polar surface area (TPSA) is 0 Å². The summed E-state index contributed by atoms with van der Waals surface area (Å²) >= 11 is 0. The minimum atomic E-state index is -2.08. The van der Waals surface area contributed by atoms with Crippen molar-refractivity contribution < 1.29 is 0 Å². The summed E-state index contributed by atoms with van der Waals surface area (Å²) in [7, 11) is -4.16. The Labute approximate surface area is 270 Å². The van der Waals surface area contributed by atoms with E-state index < -0.39 is 14.5 Å². The lowest BCUT2D eigenvalue weighted by Crippen LogP contribution is -2.51. The van der Waals surface area contributed by atoms with E-state index >= 15 is 0 Å². The first-order valence-electron chi connectivity index (χ1n) is 16.0. The van der Waals surface area contributed by atoms with Crippen LogP contribution in [0.5, 0.6) is 0 Å². The monoisotopic (exact) mass is 620 g/mol. The Kier molecular flexibility index (Phi) is 5.63. The molecule has 0 bridgehead atoms. The van der Waals surface area contributed by atoms with E-state index in [1.807, 2.05) is 0 Å². The quantitative estimate of drug-likeness (QED) is 0.175. The summed E-state index contributed by atoms with van der Waals surface area (Å²) in [5.74, 6) is 0. The summed E-state index contributed by atoms with van der Waals surface area (Å²) in [6, 6.07) is 68.7. The van der Waals surface area contributed by atoms with Gasteiger partial charge in [-0.25, -0.2) is 0 Å². The standard InChI is InChI=1S/C44H30P2/c1-5-19-32(20-6-1)45(33-21-7-2-8-22-33)39-30-16-29-38-40(37-28-15-18-31-17-13-14-27-36(31)37)42-44(43(45)41(38)39)46(42,34-23-9-3-10-24-34)35-25-11-4-12-26-35/h1-30H/q+2. The van der Waals surface area contributed by atoms with Gasteiger partial charge in [-0.3, -0.25) is 0 Å². The second kappa shape index (κ2) is 9.82. The lowest BCUT2D eigenvalue weighted by Gasteiger charge is -2.35. The average Bonchev–Trinajstić information content (AvgIpc) is 3.81. The van der Waals surface area contributed by atoms with Gasteiger partial charge in [-0.1, -0.05) is 127 Å². The molecule has 214 valence electrons. The molecule has 0 fully saturated rings. The first kappa shape index (κ1) is 26.4. The lowest BCUT2D eigenvalue weighted by atomic mass is 9.94. The van der Waals surface area contributed by atoms with E-state index in [4.69, 9.17) is 0 Å². The van der Waals surface area contributed by atoms with Crippen molar-refractivity contribution in [3.63, 3.8) is 0 Å². The molecular weight excluding hydrogens is 590 g/mol. The summed E-state index contributed by atoms with van der Waals surface area (Å²) in [5, 5.41) is 17.7. The van der Waals surface area contributed by atoms with Gasteiger partial charge in [0.25, 0.3) is 0 Å². The van der Waals surface area contributed by atoms with Gasteiger partial charge in [0, 0.05) is 10.9 Å². The van der Waals surface area contributed by atoms with Crippen molar-refractivity contribution in [2.75, 3.05) is 0 Å². The Morgan fingerprint density at radius 3 is 1.35 bits per heavy atom. The number of rotatable bonds is 5. The van der Waals surface area contributed by atoms with Gasteiger partial charge >= 0.3 is 0 Å². The van der Waals surface area contributed by atoms with E-state index in [1.165, 1.54) is 59.2 Å². The molecule has 0 aromatic heterocycles. The number of hydrogen-bond acceptors (Lipinski definition) is 0. The second-order valence-corrected chi connectivity index (χ2v) is 18.9. The Balaban J connectivity index is 1.43. The molecule has 0 saturated heterocycles. The molecule has 10 rings (SSSR count). The summed E-state index contributed by atoms with van der Waals surface area (Å²) in [6.45, 7) is 0. The molecule has 0 spiro atoms. The van der Waals surface area contributed by atoms with Crippen molar-refractivity contribution in [3.8, 4) is 11.1 Å². The van der Waals surface area contributed by atoms with Crippen LogP contribution in [-0.4, -0.2) is 0 Å². The van der Waals surface area contributed by atoms with E-state index in [-0.39, 0.29) is 0 Å². The van der Waals surface area contributed by atoms with Crippen LogP contribution in [0.25, 0.3) is 32.7 Å². The molecule has 46 heavy (non-hydrogen) atoms. The van der Waals surface area contributed by atoms with E-state index in [1.54, 1.807) is 15.9 Å². The third-order valence-corrected chi connectivity index (χ3v) is 18.9. The minimum Gasteiger partial charge on any atom is -0.0620 e. The van der Waals surface area contributed by atoms with Gasteiger partial charge in [0.2, 0.25) is 0 Å². The first-order valence-corrected chi connectivity index (χ1v) is 19.6. The molecule has 2 aliphatic heterocycles. The maximum Gasteiger partial charge on any atom is 0.197 e. The molecule has 2 aliphatic rings. The van der Waals surface area contributed by atoms with Gasteiger partial charge in [0.1, 0.15) is 33.8 Å². The van der Waals surface area contributed by atoms with Crippen LogP contribution >= 0.6 is 14.5 Å². The van der Waals surface area contributed by atoms with Gasteiger partial charge < -0.3 is 0 Å². The Hall–Kier alpha value is -4.86. The smallest absolute Gasteiger partial charge is 0.0620 e. The van der Waals surface area contributed by atoms with Gasteiger partial charge in [0.05, 0.1) is 5.39 Å². The van der Waals surface area contributed by atoms with Crippen molar-refractivity contribution >= 4 is 78.5 Å². The van der Waals surface area contributed by atoms with Gasteiger partial charge in [-0.05, 0) is 70.9 Å². The molecule has 2 heteroatoms. The molecule has 0 N–H and O–H groups in total. The Morgan fingerprint density at radius 1 is 0.304 bits per heavy atom. The van der Waals surface area contributed by atoms with Crippen molar-refractivity contribution in [1.29, 1.82) is 0 Å². The normalized spacial score (nSPS) is 14.9. The van der Waals surface area contributed by atoms with E-state index in [9.17, 15) is 0 Å². The highest BCUT2D eigenvalue weighted by molar-refractivity contribution is 8.14. The minimum absolute atomic E-state index is 1.29. The molecule has 0 nitrogen and oxygen atoms in total. The van der Waals surface area contributed by atoms with Crippen LogP contribution in [0.15, 0.2) is 182 Å². The molecule has 0 radical (unpaired) electrons. The number of benzene rings is 8. The third-order valence-electron chi connectivity index (χ3n) is 10.2. The van der Waals surface area contributed by atoms with Crippen molar-refractivity contribution in [3.05, 3.63) is 182 Å². The van der Waals surface area contributed by atoms with E-state index in [2.05, 4.69) is 182 Å². The number of fused-ring (bicyclic) bond motifs is 3. The van der Waals surface area contributed by atoms with Crippen molar-refractivity contribution in [2.24, 2.45) is 0 Å². The maximum absolute atomic E-state index is 2.44. The fraction of sp³-hybridized carbons (Fsp3) is 0. The lowest BCUT2D eigenvalue weighted by molar-refractivity contribution is 1.72. The molecule has 0 saturated carbocycles. The molecule has 0 aliphatic carbocycles. The highest BCUT2D eigenvalue weighted by Gasteiger charge is 2.76. The van der Waals surface area contributed by atoms with Gasteiger partial charge in [-0.2, -0.15) is 0 Å². The molecule has 0 unspecified atom stereocenters. The molecule has 0 amide bonds. The van der Waals surface area contributed by atoms with Crippen LogP contribution in [0, 0.1) is 0 Å². The molecule has 8 aromatic carbocycles. The fourth-order valence-electron chi connectivity index (χ4n) is 8.39. The molecule has 0 atom stereocenters. The third kappa shape index (κ3) is 3.26. The summed E-state index contributed by atoms with van der Waals surface area (Å²) < 4.78 is 0. The van der Waals surface area contributed by atoms with Gasteiger partial charge in [-0.15, -0.1) is 0 Å². The highest BCUT2D eigenvalue weighted by atomic mass is 31.2. The zero-order valence-corrected chi connectivity index (χ0v) is 27.0. The van der Waals surface area contributed by atoms with E-state index in [0.717, 1.165) is 0 Å². The second-order valence-electron chi connectivity index (χ2n) is 12.3. The van der Waals surface area contributed by atoms with Crippen molar-refractivity contribution in [1.82, 2.24) is 0 Å². The average molecular weight is 621 g/mol. The van der Waals surface area contributed by atoms with Crippen LogP contribution < -0.4 is 42.4 Å². The summed E-state index contributed by atoms with van der Waals surface area (Å²) in [5.41, 5.74) is 2.79. The molecule has 8 aromatic rings. The fourth-order valence-corrected chi connectivity index (χ4v) is 18.5. The summed E-state index contributed by atoms with van der Waals surface area (Å²) in [6.07, 6.45) is 0. The Bertz CT molecular complexity index is 2370. The highest BCUT2D eigenvalue weighted by Crippen LogP contribution is 2.73. The molecule has 2 heterocycles. The largest absolute Gasteiger partial charge is 0.197 e. The summed E-state index contributed by atoms with van der Waals surface area (Å²) in [4.78, 5) is 0. The van der Waals surface area contributed by atoms with Crippen LogP contribution in [0.3, 0.4) is 0 Å². The van der Waals surface area contributed by atoms with Gasteiger partial charge in [0.15, 0.2) is 23.2 Å². The zero-order valence-electron chi connectivity index (χ0n) is 25.2.